The Labute approximate surface area is 350 Å². The van der Waals surface area contributed by atoms with Gasteiger partial charge in [0, 0.05) is 98.8 Å². The summed E-state index contributed by atoms with van der Waals surface area (Å²) in [6.45, 7) is 12.4. The summed E-state index contributed by atoms with van der Waals surface area (Å²) in [7, 11) is 0. The summed E-state index contributed by atoms with van der Waals surface area (Å²) in [5.41, 5.74) is 18.2. The van der Waals surface area contributed by atoms with Gasteiger partial charge in [-0.1, -0.05) is 20.3 Å². The van der Waals surface area contributed by atoms with Crippen LogP contribution >= 0.6 is 0 Å². The van der Waals surface area contributed by atoms with Crippen molar-refractivity contribution in [2.24, 2.45) is 23.3 Å². The van der Waals surface area contributed by atoms with E-state index in [2.05, 4.69) is 45.3 Å². The molecular formula is C42H62N14O4. The van der Waals surface area contributed by atoms with E-state index in [-0.39, 0.29) is 35.7 Å². The number of primary amides is 2. The quantitative estimate of drug-likeness (QED) is 0.107. The number of likely N-dealkylation sites (tertiary alicyclic amines) is 2. The number of aromatic nitrogens is 6. The highest BCUT2D eigenvalue weighted by Gasteiger charge is 2.33. The number of nitrogens with two attached hydrogens (primary N) is 2. The molecule has 3 aliphatic rings. The lowest BCUT2D eigenvalue weighted by Crippen LogP contribution is -2.45. The Balaban J connectivity index is 1.04. The minimum Gasteiger partial charge on any atom is -0.381 e. The normalized spacial score (nSPS) is 19.1. The molecule has 324 valence electrons. The number of hydrogen-bond donors (Lipinski definition) is 6. The Morgan fingerprint density at radius 1 is 0.633 bits per heavy atom. The lowest BCUT2D eigenvalue weighted by atomic mass is 9.80. The summed E-state index contributed by atoms with van der Waals surface area (Å²) in [4.78, 5) is 64.9. The number of carbonyl (C=O) groups excluding carboxylic acids is 4. The summed E-state index contributed by atoms with van der Waals surface area (Å²) in [6, 6.07) is -0.577. The van der Waals surface area contributed by atoms with Crippen LogP contribution in [0.25, 0.3) is 22.1 Å². The number of carbonyl (C=O) groups is 4. The molecule has 0 radical (unpaired) electrons. The molecule has 7 rings (SSSR count). The van der Waals surface area contributed by atoms with Gasteiger partial charge in [0.05, 0.1) is 34.5 Å². The van der Waals surface area contributed by atoms with Crippen molar-refractivity contribution in [2.45, 2.75) is 130 Å². The van der Waals surface area contributed by atoms with E-state index in [1.807, 2.05) is 35.6 Å². The van der Waals surface area contributed by atoms with E-state index >= 15 is 0 Å². The van der Waals surface area contributed by atoms with Gasteiger partial charge >= 0.3 is 12.1 Å². The lowest BCUT2D eigenvalue weighted by molar-refractivity contribution is -0.130. The Morgan fingerprint density at radius 2 is 1.03 bits per heavy atom. The number of pyridine rings is 2. The van der Waals surface area contributed by atoms with Gasteiger partial charge in [-0.2, -0.15) is 10.2 Å². The van der Waals surface area contributed by atoms with Gasteiger partial charge in [-0.3, -0.25) is 9.59 Å². The van der Waals surface area contributed by atoms with Gasteiger partial charge in [0.25, 0.3) is 0 Å². The van der Waals surface area contributed by atoms with Gasteiger partial charge in [-0.05, 0) is 71.6 Å². The largest absolute Gasteiger partial charge is 0.381 e. The second-order valence-corrected chi connectivity index (χ2v) is 16.4. The first-order chi connectivity index (χ1) is 29.0. The fraction of sp³-hybridized carbons (Fsp3) is 0.619. The van der Waals surface area contributed by atoms with Gasteiger partial charge in [0.15, 0.2) is 11.3 Å². The van der Waals surface area contributed by atoms with Crippen molar-refractivity contribution >= 4 is 57.3 Å². The average molecular weight is 827 g/mol. The van der Waals surface area contributed by atoms with Crippen molar-refractivity contribution in [1.82, 2.24) is 50.0 Å². The third-order valence-electron chi connectivity index (χ3n) is 12.8. The minimum atomic E-state index is -0.401. The fourth-order valence-electron chi connectivity index (χ4n) is 9.31. The van der Waals surface area contributed by atoms with Gasteiger partial charge in [0.2, 0.25) is 11.8 Å². The van der Waals surface area contributed by atoms with Gasteiger partial charge in [-0.25, -0.2) is 28.9 Å². The van der Waals surface area contributed by atoms with Crippen LogP contribution in [0.3, 0.4) is 0 Å². The predicted molar refractivity (Wildman–Crippen MR) is 230 cm³/mol. The number of hydrogen-bond acceptors (Lipinski definition) is 10. The van der Waals surface area contributed by atoms with E-state index in [0.717, 1.165) is 88.1 Å². The molecule has 0 aromatic carbocycles. The molecule has 0 spiro atoms. The first kappa shape index (κ1) is 42.4. The number of nitrogens with zero attached hydrogens (tertiary/aromatic N) is 8. The monoisotopic (exact) mass is 827 g/mol. The van der Waals surface area contributed by atoms with Crippen molar-refractivity contribution in [3.8, 4) is 0 Å². The Morgan fingerprint density at radius 3 is 1.38 bits per heavy atom. The van der Waals surface area contributed by atoms with E-state index in [0.29, 0.717) is 84.5 Å². The molecule has 2 unspecified atom stereocenters. The highest BCUT2D eigenvalue weighted by molar-refractivity contribution is 5.93. The smallest absolute Gasteiger partial charge is 0.314 e. The van der Waals surface area contributed by atoms with Crippen LogP contribution in [0.5, 0.6) is 0 Å². The zero-order chi connectivity index (χ0) is 42.5. The Hall–Kier alpha value is -5.68. The molecular weight excluding hydrogens is 765 g/mol. The maximum absolute atomic E-state index is 14.0. The van der Waals surface area contributed by atoms with Gasteiger partial charge < -0.3 is 42.5 Å². The summed E-state index contributed by atoms with van der Waals surface area (Å²) < 4.78 is 3.77. The third kappa shape index (κ3) is 8.92. The van der Waals surface area contributed by atoms with Crippen molar-refractivity contribution in [2.75, 3.05) is 36.8 Å². The molecule has 6 heterocycles. The van der Waals surface area contributed by atoms with Crippen LogP contribution in [0, 0.1) is 11.8 Å². The topological polar surface area (TPSA) is 236 Å². The molecule has 60 heavy (non-hydrogen) atoms. The second-order valence-electron chi connectivity index (χ2n) is 16.4. The molecule has 2 saturated heterocycles. The van der Waals surface area contributed by atoms with Crippen LogP contribution in [-0.2, 0) is 48.6 Å². The number of anilines is 2. The number of nitrogens with one attached hydrogen (secondary N) is 4. The summed E-state index contributed by atoms with van der Waals surface area (Å²) in [6.07, 6.45) is 10.7. The standard InChI is InChI=1S/C42H62N14O4/c1-5-33-29(35(31-23-47-55(7-3)37(31)51-33)49-27-12-16-53(17-13-27)41(43)59)21-45-39(57)25-10-9-11-26(20-25)40(58)46-22-30-34(6-2)52-38-32(24-48-56(38)8-4)36(30)50-28-14-18-54(19-15-28)42(44)60/h23-28H,5-22H2,1-4H3,(H2,43,59)(H2,44,60)(H,45,57)(H,46,58)(H,49,51)(H,50,52). The number of amides is 6. The van der Waals surface area contributed by atoms with Crippen molar-refractivity contribution in [1.29, 1.82) is 0 Å². The number of fused-ring (bicyclic) bond motifs is 2. The van der Waals surface area contributed by atoms with E-state index in [1.54, 1.807) is 9.80 Å². The van der Waals surface area contributed by atoms with Crippen LogP contribution < -0.4 is 32.7 Å². The van der Waals surface area contributed by atoms with E-state index in [9.17, 15) is 19.2 Å². The molecule has 0 bridgehead atoms. The number of piperidine rings is 2. The Bertz CT molecular complexity index is 2050. The van der Waals surface area contributed by atoms with Crippen molar-refractivity contribution < 1.29 is 19.2 Å². The van der Waals surface area contributed by atoms with E-state index < -0.39 is 12.1 Å². The summed E-state index contributed by atoms with van der Waals surface area (Å²) >= 11 is 0. The fourth-order valence-corrected chi connectivity index (χ4v) is 9.31. The van der Waals surface area contributed by atoms with E-state index in [1.165, 1.54) is 0 Å². The highest BCUT2D eigenvalue weighted by atomic mass is 16.2. The van der Waals surface area contributed by atoms with Crippen LogP contribution in [0.15, 0.2) is 12.4 Å². The lowest BCUT2D eigenvalue weighted by Gasteiger charge is -2.33. The molecule has 18 heteroatoms. The maximum Gasteiger partial charge on any atom is 0.314 e. The molecule has 6 amide bonds. The number of urea groups is 2. The molecule has 3 fully saturated rings. The van der Waals surface area contributed by atoms with Gasteiger partial charge in [0.1, 0.15) is 0 Å². The van der Waals surface area contributed by atoms with Crippen LogP contribution in [0.2, 0.25) is 0 Å². The van der Waals surface area contributed by atoms with Crippen molar-refractivity contribution in [3.05, 3.63) is 34.9 Å². The molecule has 1 aliphatic carbocycles. The second kappa shape index (κ2) is 18.7. The Kier molecular flexibility index (Phi) is 13.2. The van der Waals surface area contributed by atoms with Gasteiger partial charge in [-0.15, -0.1) is 0 Å². The molecule has 2 atom stereocenters. The number of aryl methyl sites for hydroxylation is 4. The highest BCUT2D eigenvalue weighted by Crippen LogP contribution is 2.35. The molecule has 1 saturated carbocycles. The molecule has 2 aliphatic heterocycles. The zero-order valence-corrected chi connectivity index (χ0v) is 35.6. The first-order valence-electron chi connectivity index (χ1n) is 21.9. The SMILES string of the molecule is CCc1nc2c(cnn2CC)c(NC2CCN(C(N)=O)CC2)c1CNC(=O)C1CCCC(C(=O)NCc2c(CC)nc3c(cnn3CC)c2NC2CCN(C(N)=O)CC2)C1. The third-order valence-corrected chi connectivity index (χ3v) is 12.8. The summed E-state index contributed by atoms with van der Waals surface area (Å²) in [5.74, 6) is -0.740. The average Bonchev–Trinajstić information content (AvgIpc) is 3.89. The number of rotatable bonds is 14. The minimum absolute atomic E-state index is 0.0654. The molecule has 8 N–H and O–H groups in total. The first-order valence-corrected chi connectivity index (χ1v) is 21.9. The predicted octanol–water partition coefficient (Wildman–Crippen LogP) is 3.99. The molecule has 4 aromatic rings. The molecule has 18 nitrogen and oxygen atoms in total. The summed E-state index contributed by atoms with van der Waals surface area (Å²) in [5, 5.41) is 25.0. The molecule has 4 aromatic heterocycles. The van der Waals surface area contributed by atoms with Crippen LogP contribution in [0.1, 0.15) is 102 Å². The zero-order valence-electron chi connectivity index (χ0n) is 35.6. The maximum atomic E-state index is 14.0. The van der Waals surface area contributed by atoms with Crippen LogP contribution in [0.4, 0.5) is 21.0 Å². The van der Waals surface area contributed by atoms with E-state index in [4.69, 9.17) is 21.4 Å². The van der Waals surface area contributed by atoms with Crippen LogP contribution in [-0.4, -0.2) is 101 Å². The van der Waals surface area contributed by atoms with Crippen molar-refractivity contribution in [3.63, 3.8) is 0 Å².